The molecule has 0 atom stereocenters. The lowest BCUT2D eigenvalue weighted by Gasteiger charge is -2.07. The fourth-order valence-electron chi connectivity index (χ4n) is 2.21. The van der Waals surface area contributed by atoms with Crippen molar-refractivity contribution in [3.63, 3.8) is 0 Å². The highest BCUT2D eigenvalue weighted by Crippen LogP contribution is 2.23. The maximum atomic E-state index is 12.6. The summed E-state index contributed by atoms with van der Waals surface area (Å²) in [7, 11) is -3.56. The van der Waals surface area contributed by atoms with E-state index in [0.29, 0.717) is 12.1 Å². The van der Waals surface area contributed by atoms with Crippen LogP contribution in [-0.4, -0.2) is 12.4 Å². The number of hydrogen-bond acceptors (Lipinski definition) is 3. The molecule has 0 amide bonds. The van der Waals surface area contributed by atoms with Gasteiger partial charge in [-0.05, 0) is 35.9 Å². The van der Waals surface area contributed by atoms with Gasteiger partial charge in [-0.15, -0.1) is 0 Å². The third kappa shape index (κ3) is 2.01. The molecule has 0 unspecified atom stereocenters. The van der Waals surface area contributed by atoms with Gasteiger partial charge in [0.1, 0.15) is 0 Å². The summed E-state index contributed by atoms with van der Waals surface area (Å²) >= 11 is 0. The van der Waals surface area contributed by atoms with E-state index in [-0.39, 0.29) is 4.90 Å². The zero-order valence-corrected chi connectivity index (χ0v) is 11.5. The fraction of sp³-hybridized carbons (Fsp3) is 0.0667. The second kappa shape index (κ2) is 4.77. The first-order valence-corrected chi connectivity index (χ1v) is 7.67. The number of fused-ring (bicyclic) bond motifs is 1. The van der Waals surface area contributed by atoms with Crippen LogP contribution >= 0.6 is 0 Å². The zero-order chi connectivity index (χ0) is 14.2. The van der Waals surface area contributed by atoms with Crippen molar-refractivity contribution in [1.29, 1.82) is 0 Å². The van der Waals surface area contributed by atoms with Gasteiger partial charge < -0.3 is 5.73 Å². The van der Waals surface area contributed by atoms with Gasteiger partial charge in [0.25, 0.3) is 10.0 Å². The van der Waals surface area contributed by atoms with Crippen LogP contribution in [0.5, 0.6) is 0 Å². The Bertz CT molecular complexity index is 852. The van der Waals surface area contributed by atoms with Gasteiger partial charge in [0.05, 0.1) is 10.4 Å². The molecule has 3 aromatic rings. The van der Waals surface area contributed by atoms with Gasteiger partial charge in [0, 0.05) is 18.1 Å². The van der Waals surface area contributed by atoms with Crippen LogP contribution < -0.4 is 5.73 Å². The predicted octanol–water partition coefficient (Wildman–Crippen LogP) is 2.34. The standard InChI is InChI=1S/C15H14N2O2S/c16-11-12-6-7-15-13(10-12)8-9-17(15)20(18,19)14-4-2-1-3-5-14/h1-10H,11,16H2. The molecule has 0 saturated carbocycles. The summed E-state index contributed by atoms with van der Waals surface area (Å²) in [6.07, 6.45) is 1.58. The lowest BCUT2D eigenvalue weighted by molar-refractivity contribution is 0.589. The van der Waals surface area contributed by atoms with E-state index >= 15 is 0 Å². The first-order chi connectivity index (χ1) is 9.63. The van der Waals surface area contributed by atoms with Gasteiger partial charge >= 0.3 is 0 Å². The van der Waals surface area contributed by atoms with E-state index in [0.717, 1.165) is 10.9 Å². The van der Waals surface area contributed by atoms with Crippen LogP contribution in [0, 0.1) is 0 Å². The summed E-state index contributed by atoms with van der Waals surface area (Å²) in [4.78, 5) is 0.278. The zero-order valence-electron chi connectivity index (χ0n) is 10.7. The van der Waals surface area contributed by atoms with Gasteiger partial charge in [-0.25, -0.2) is 12.4 Å². The topological polar surface area (TPSA) is 65.1 Å². The minimum Gasteiger partial charge on any atom is -0.326 e. The van der Waals surface area contributed by atoms with Crippen LogP contribution in [0.15, 0.2) is 65.7 Å². The lowest BCUT2D eigenvalue weighted by atomic mass is 10.1. The summed E-state index contributed by atoms with van der Waals surface area (Å²) in [6.45, 7) is 0.437. The summed E-state index contributed by atoms with van der Waals surface area (Å²) in [5.74, 6) is 0. The van der Waals surface area contributed by atoms with E-state index in [1.54, 1.807) is 48.7 Å². The number of benzene rings is 2. The van der Waals surface area contributed by atoms with Crippen LogP contribution in [0.25, 0.3) is 10.9 Å². The molecule has 0 aliphatic carbocycles. The Balaban J connectivity index is 2.20. The first-order valence-electron chi connectivity index (χ1n) is 6.23. The Hall–Kier alpha value is -2.11. The normalized spacial score (nSPS) is 11.8. The van der Waals surface area contributed by atoms with E-state index in [9.17, 15) is 8.42 Å². The number of nitrogens with two attached hydrogens (primary N) is 1. The molecule has 0 radical (unpaired) electrons. The monoisotopic (exact) mass is 286 g/mol. The predicted molar refractivity (Wildman–Crippen MR) is 78.9 cm³/mol. The quantitative estimate of drug-likeness (QED) is 0.803. The fourth-order valence-corrected chi connectivity index (χ4v) is 3.58. The summed E-state index contributed by atoms with van der Waals surface area (Å²) in [5.41, 5.74) is 7.24. The molecular formula is C15H14N2O2S. The van der Waals surface area contributed by atoms with E-state index in [1.807, 2.05) is 12.1 Å². The van der Waals surface area contributed by atoms with Crippen LogP contribution in [0.3, 0.4) is 0 Å². The molecule has 1 heterocycles. The maximum absolute atomic E-state index is 12.6. The van der Waals surface area contributed by atoms with Crippen molar-refractivity contribution < 1.29 is 8.42 Å². The Morgan fingerprint density at radius 3 is 2.45 bits per heavy atom. The average molecular weight is 286 g/mol. The van der Waals surface area contributed by atoms with E-state index < -0.39 is 10.0 Å². The summed E-state index contributed by atoms with van der Waals surface area (Å²) in [6, 6.07) is 15.7. The number of nitrogens with zero attached hydrogens (tertiary/aromatic N) is 1. The van der Waals surface area contributed by atoms with E-state index in [4.69, 9.17) is 5.73 Å². The molecule has 0 aliphatic heterocycles. The molecule has 0 bridgehead atoms. The minimum atomic E-state index is -3.56. The first kappa shape index (κ1) is 12.9. The van der Waals surface area contributed by atoms with Crippen LogP contribution in [0.4, 0.5) is 0 Å². The third-order valence-corrected chi connectivity index (χ3v) is 4.96. The van der Waals surface area contributed by atoms with Crippen LogP contribution in [-0.2, 0) is 16.6 Å². The number of aromatic nitrogens is 1. The SMILES string of the molecule is NCc1ccc2c(ccn2S(=O)(=O)c2ccccc2)c1. The largest absolute Gasteiger partial charge is 0.326 e. The Morgan fingerprint density at radius 2 is 1.75 bits per heavy atom. The smallest absolute Gasteiger partial charge is 0.268 e. The summed E-state index contributed by atoms with van der Waals surface area (Å²) in [5, 5.41) is 0.868. The molecule has 102 valence electrons. The van der Waals surface area contributed by atoms with Gasteiger partial charge in [-0.1, -0.05) is 24.3 Å². The summed E-state index contributed by atoms with van der Waals surface area (Å²) < 4.78 is 26.5. The van der Waals surface area contributed by atoms with Gasteiger partial charge in [0.2, 0.25) is 0 Å². The Kier molecular flexibility index (Phi) is 3.08. The highest BCUT2D eigenvalue weighted by Gasteiger charge is 2.18. The Morgan fingerprint density at radius 1 is 1.00 bits per heavy atom. The van der Waals surface area contributed by atoms with Crippen molar-refractivity contribution in [2.24, 2.45) is 5.73 Å². The Labute approximate surface area is 117 Å². The molecule has 0 fully saturated rings. The second-order valence-electron chi connectivity index (χ2n) is 4.53. The molecular weight excluding hydrogens is 272 g/mol. The minimum absolute atomic E-state index is 0.278. The van der Waals surface area contributed by atoms with Crippen LogP contribution in [0.2, 0.25) is 0 Å². The molecule has 2 N–H and O–H groups in total. The average Bonchev–Trinajstić information content (AvgIpc) is 2.91. The van der Waals surface area contributed by atoms with E-state index in [2.05, 4.69) is 0 Å². The van der Waals surface area contributed by atoms with Gasteiger partial charge in [0.15, 0.2) is 0 Å². The highest BCUT2D eigenvalue weighted by molar-refractivity contribution is 7.90. The molecule has 0 spiro atoms. The molecule has 0 aliphatic rings. The molecule has 20 heavy (non-hydrogen) atoms. The van der Waals surface area contributed by atoms with Gasteiger partial charge in [-0.2, -0.15) is 0 Å². The molecule has 3 rings (SSSR count). The van der Waals surface area contributed by atoms with Crippen molar-refractivity contribution >= 4 is 20.9 Å². The molecule has 1 aromatic heterocycles. The van der Waals surface area contributed by atoms with Crippen molar-refractivity contribution in [2.75, 3.05) is 0 Å². The third-order valence-electron chi connectivity index (χ3n) is 3.25. The van der Waals surface area contributed by atoms with Crippen molar-refractivity contribution in [3.05, 3.63) is 66.4 Å². The van der Waals surface area contributed by atoms with Crippen LogP contribution in [0.1, 0.15) is 5.56 Å². The molecule has 0 saturated heterocycles. The van der Waals surface area contributed by atoms with Crippen molar-refractivity contribution in [3.8, 4) is 0 Å². The van der Waals surface area contributed by atoms with Crippen molar-refractivity contribution in [1.82, 2.24) is 3.97 Å². The number of rotatable bonds is 3. The second-order valence-corrected chi connectivity index (χ2v) is 6.34. The highest BCUT2D eigenvalue weighted by atomic mass is 32.2. The molecule has 5 heteroatoms. The molecule has 4 nitrogen and oxygen atoms in total. The van der Waals surface area contributed by atoms with E-state index in [1.165, 1.54) is 3.97 Å². The lowest BCUT2D eigenvalue weighted by Crippen LogP contribution is -2.11. The maximum Gasteiger partial charge on any atom is 0.268 e. The number of hydrogen-bond donors (Lipinski definition) is 1. The van der Waals surface area contributed by atoms with Gasteiger partial charge in [-0.3, -0.25) is 0 Å². The van der Waals surface area contributed by atoms with Crippen molar-refractivity contribution in [2.45, 2.75) is 11.4 Å². The molecule has 2 aromatic carbocycles.